The molecule has 0 spiro atoms. The average Bonchev–Trinajstić information content (AvgIpc) is 3.30. The molecule has 0 bridgehead atoms. The van der Waals surface area contributed by atoms with E-state index in [0.29, 0.717) is 24.3 Å². The molecule has 0 aliphatic carbocycles. The van der Waals surface area contributed by atoms with Crippen molar-refractivity contribution in [2.24, 2.45) is 0 Å². The van der Waals surface area contributed by atoms with Crippen LogP contribution in [0.25, 0.3) is 0 Å². The molecule has 30 heavy (non-hydrogen) atoms. The summed E-state index contributed by atoms with van der Waals surface area (Å²) in [6.45, 7) is 3.70. The fourth-order valence-corrected chi connectivity index (χ4v) is 6.72. The molecule has 0 N–H and O–H groups in total. The second-order valence-electron chi connectivity index (χ2n) is 6.96. The molecule has 10 heteroatoms. The zero-order valence-electron chi connectivity index (χ0n) is 16.9. The van der Waals surface area contributed by atoms with Gasteiger partial charge in [0.15, 0.2) is 16.4 Å². The van der Waals surface area contributed by atoms with Gasteiger partial charge in [-0.3, -0.25) is 4.79 Å². The molecule has 1 atom stereocenters. The molecule has 2 heterocycles. The average molecular weight is 469 g/mol. The smallest absolute Gasteiger partial charge is 0.339 e. The molecule has 1 aromatic carbocycles. The van der Waals surface area contributed by atoms with E-state index in [0.717, 1.165) is 15.6 Å². The summed E-state index contributed by atoms with van der Waals surface area (Å²) < 4.78 is 28.7. The molecule has 1 amide bonds. The minimum absolute atomic E-state index is 0.0317. The highest BCUT2D eigenvalue weighted by atomic mass is 32.2. The maximum Gasteiger partial charge on any atom is 0.339 e. The minimum atomic E-state index is -3.10. The summed E-state index contributed by atoms with van der Waals surface area (Å²) in [7, 11) is -3.10. The Kier molecular flexibility index (Phi) is 7.54. The van der Waals surface area contributed by atoms with E-state index in [1.54, 1.807) is 30.4 Å². The Morgan fingerprint density at radius 2 is 2.10 bits per heavy atom. The second kappa shape index (κ2) is 9.93. The second-order valence-corrected chi connectivity index (χ2v) is 11.3. The Morgan fingerprint density at radius 1 is 1.33 bits per heavy atom. The quantitative estimate of drug-likeness (QED) is 0.434. The van der Waals surface area contributed by atoms with Crippen LogP contribution in [-0.4, -0.2) is 60.9 Å². The van der Waals surface area contributed by atoms with E-state index in [2.05, 4.69) is 4.98 Å². The van der Waals surface area contributed by atoms with Gasteiger partial charge in [0.2, 0.25) is 0 Å². The minimum Gasteiger partial charge on any atom is -0.452 e. The summed E-state index contributed by atoms with van der Waals surface area (Å²) in [5, 5.41) is 2.98. The number of thiazole rings is 1. The van der Waals surface area contributed by atoms with E-state index in [4.69, 9.17) is 4.74 Å². The first-order valence-corrected chi connectivity index (χ1v) is 13.3. The molecule has 1 aromatic heterocycles. The number of thioether (sulfide) groups is 1. The van der Waals surface area contributed by atoms with Gasteiger partial charge in [0.25, 0.3) is 5.91 Å². The highest BCUT2D eigenvalue weighted by Gasteiger charge is 2.34. The lowest BCUT2D eigenvalue weighted by Gasteiger charge is -2.26. The first-order valence-electron chi connectivity index (χ1n) is 9.59. The van der Waals surface area contributed by atoms with E-state index in [-0.39, 0.29) is 23.5 Å². The van der Waals surface area contributed by atoms with Crippen molar-refractivity contribution in [1.82, 2.24) is 9.88 Å². The molecule has 2 aromatic rings. The van der Waals surface area contributed by atoms with Crippen LogP contribution in [0.5, 0.6) is 0 Å². The Bertz CT molecular complexity index is 1020. The highest BCUT2D eigenvalue weighted by Crippen LogP contribution is 2.27. The van der Waals surface area contributed by atoms with Crippen LogP contribution in [0, 0.1) is 6.92 Å². The van der Waals surface area contributed by atoms with Gasteiger partial charge in [-0.15, -0.1) is 23.1 Å². The summed E-state index contributed by atoms with van der Waals surface area (Å²) in [5.74, 6) is -0.264. The molecule has 3 rings (SSSR count). The normalized spacial score (nSPS) is 17.6. The van der Waals surface area contributed by atoms with Crippen molar-refractivity contribution in [1.29, 1.82) is 0 Å². The van der Waals surface area contributed by atoms with Crippen LogP contribution in [-0.2, 0) is 25.1 Å². The van der Waals surface area contributed by atoms with Gasteiger partial charge >= 0.3 is 5.97 Å². The van der Waals surface area contributed by atoms with Crippen LogP contribution in [0.15, 0.2) is 34.5 Å². The predicted molar refractivity (Wildman–Crippen MR) is 118 cm³/mol. The highest BCUT2D eigenvalue weighted by molar-refractivity contribution is 7.98. The van der Waals surface area contributed by atoms with Gasteiger partial charge in [-0.25, -0.2) is 18.2 Å². The molecule has 0 radical (unpaired) electrons. The molecular weight excluding hydrogens is 444 g/mol. The number of carbonyl (C=O) groups is 2. The lowest BCUT2D eigenvalue weighted by Crippen LogP contribution is -2.43. The fourth-order valence-electron chi connectivity index (χ4n) is 3.33. The zero-order valence-corrected chi connectivity index (χ0v) is 19.3. The lowest BCUT2D eigenvalue weighted by molar-refractivity contribution is -0.136. The largest absolute Gasteiger partial charge is 0.452 e. The maximum atomic E-state index is 12.6. The van der Waals surface area contributed by atoms with E-state index in [1.807, 2.05) is 24.4 Å². The van der Waals surface area contributed by atoms with Gasteiger partial charge in [0.1, 0.15) is 0 Å². The number of aromatic nitrogens is 1. The van der Waals surface area contributed by atoms with Crippen molar-refractivity contribution in [2.45, 2.75) is 37.0 Å². The van der Waals surface area contributed by atoms with E-state index >= 15 is 0 Å². The van der Waals surface area contributed by atoms with Gasteiger partial charge in [-0.1, -0.05) is 12.1 Å². The number of ether oxygens (including phenoxy) is 1. The van der Waals surface area contributed by atoms with Crippen LogP contribution in [0.3, 0.4) is 0 Å². The topological polar surface area (TPSA) is 93.6 Å². The first kappa shape index (κ1) is 22.8. The number of aryl methyl sites for hydroxylation is 1. The van der Waals surface area contributed by atoms with Crippen molar-refractivity contribution in [3.63, 3.8) is 0 Å². The number of hydrogen-bond acceptors (Lipinski definition) is 8. The molecule has 1 fully saturated rings. The monoisotopic (exact) mass is 468 g/mol. The third kappa shape index (κ3) is 5.83. The third-order valence-electron chi connectivity index (χ3n) is 4.79. The first-order chi connectivity index (χ1) is 14.3. The summed E-state index contributed by atoms with van der Waals surface area (Å²) in [5.41, 5.74) is 1.35. The molecule has 162 valence electrons. The number of sulfone groups is 1. The molecule has 7 nitrogen and oxygen atoms in total. The number of carbonyl (C=O) groups excluding carboxylic acids is 2. The van der Waals surface area contributed by atoms with Gasteiger partial charge in [-0.05, 0) is 32.4 Å². The number of likely N-dealkylation sites (N-methyl/N-ethyl adjacent to an activating group) is 1. The number of esters is 1. The standard InChI is InChI=1S/C20H24N2O5S3/c1-3-22(16-8-9-30(25,26)13-16)19(23)10-27-20(24)17-6-4-5-7-18(17)29-12-15-11-28-14(2)21-15/h4-7,11,16H,3,8-10,12-13H2,1-2H3. The van der Waals surface area contributed by atoms with Crippen LogP contribution in [0.1, 0.15) is 34.4 Å². The van der Waals surface area contributed by atoms with Gasteiger partial charge in [0, 0.05) is 28.6 Å². The maximum absolute atomic E-state index is 12.6. The van der Waals surface area contributed by atoms with Crippen LogP contribution < -0.4 is 0 Å². The number of nitrogens with zero attached hydrogens (tertiary/aromatic N) is 2. The van der Waals surface area contributed by atoms with Crippen LogP contribution in [0.4, 0.5) is 0 Å². The summed E-state index contributed by atoms with van der Waals surface area (Å²) in [6.07, 6.45) is 0.422. The van der Waals surface area contributed by atoms with E-state index in [1.165, 1.54) is 16.7 Å². The van der Waals surface area contributed by atoms with Crippen molar-refractivity contribution >= 4 is 44.8 Å². The third-order valence-corrected chi connectivity index (χ3v) is 8.47. The SMILES string of the molecule is CCN(C(=O)COC(=O)c1ccccc1SCc1csc(C)n1)C1CCS(=O)(=O)C1. The van der Waals surface area contributed by atoms with Crippen LogP contribution >= 0.6 is 23.1 Å². The molecule has 0 saturated carbocycles. The Balaban J connectivity index is 1.59. The lowest BCUT2D eigenvalue weighted by atomic mass is 10.2. The van der Waals surface area contributed by atoms with Crippen molar-refractivity contribution in [3.8, 4) is 0 Å². The van der Waals surface area contributed by atoms with Crippen LogP contribution in [0.2, 0.25) is 0 Å². The van der Waals surface area contributed by atoms with E-state index < -0.39 is 22.4 Å². The Morgan fingerprint density at radius 3 is 2.73 bits per heavy atom. The number of hydrogen-bond donors (Lipinski definition) is 0. The summed E-state index contributed by atoms with van der Waals surface area (Å²) in [4.78, 5) is 31.8. The zero-order chi connectivity index (χ0) is 21.7. The molecule has 1 unspecified atom stereocenters. The van der Waals surface area contributed by atoms with Crippen molar-refractivity contribution < 1.29 is 22.7 Å². The number of amides is 1. The Hall–Kier alpha value is -1.91. The Labute approximate surface area is 184 Å². The van der Waals surface area contributed by atoms with E-state index in [9.17, 15) is 18.0 Å². The molecule has 1 aliphatic heterocycles. The van der Waals surface area contributed by atoms with Crippen molar-refractivity contribution in [3.05, 3.63) is 45.9 Å². The van der Waals surface area contributed by atoms with Gasteiger partial charge in [-0.2, -0.15) is 0 Å². The molecule has 1 saturated heterocycles. The summed E-state index contributed by atoms with van der Waals surface area (Å²) in [6, 6.07) is 6.75. The summed E-state index contributed by atoms with van der Waals surface area (Å²) >= 11 is 3.07. The number of rotatable bonds is 8. The fraction of sp³-hybridized carbons (Fsp3) is 0.450. The van der Waals surface area contributed by atoms with Crippen molar-refractivity contribution in [2.75, 3.05) is 24.7 Å². The molecule has 1 aliphatic rings. The number of benzene rings is 1. The predicted octanol–water partition coefficient (Wildman–Crippen LogP) is 2.94. The molecular formula is C20H24N2O5S3. The van der Waals surface area contributed by atoms with Gasteiger partial charge in [0.05, 0.1) is 27.8 Å². The van der Waals surface area contributed by atoms with Gasteiger partial charge < -0.3 is 9.64 Å².